The van der Waals surface area contributed by atoms with E-state index in [1.54, 1.807) is 4.90 Å². The Balaban J connectivity index is 1.48. The van der Waals surface area contributed by atoms with E-state index in [9.17, 15) is 9.59 Å². The molecular formula is C21H23ClN4O3. The first-order chi connectivity index (χ1) is 14.1. The fourth-order valence-corrected chi connectivity index (χ4v) is 4.23. The number of amides is 2. The second kappa shape index (κ2) is 8.47. The summed E-state index contributed by atoms with van der Waals surface area (Å²) in [4.78, 5) is 37.8. The van der Waals surface area contributed by atoms with E-state index in [0.717, 1.165) is 5.56 Å². The molecule has 7 nitrogen and oxygen atoms in total. The standard InChI is InChI=1S/C21H23ClN4O3/c22-17-3-1-16(2-4-17)21(5-13-29-14-6-21)20(28)26-11-9-25(10-12-26)19(27)18-15-23-7-8-24-18/h1-4,7-8,15H,5-6,9-14H2. The maximum absolute atomic E-state index is 13.6. The molecular weight excluding hydrogens is 392 g/mol. The van der Waals surface area contributed by atoms with Crippen molar-refractivity contribution in [1.82, 2.24) is 19.8 Å². The van der Waals surface area contributed by atoms with Gasteiger partial charge in [0, 0.05) is 56.8 Å². The van der Waals surface area contributed by atoms with Crippen molar-refractivity contribution < 1.29 is 14.3 Å². The minimum Gasteiger partial charge on any atom is -0.381 e. The lowest BCUT2D eigenvalue weighted by Crippen LogP contribution is -2.56. The summed E-state index contributed by atoms with van der Waals surface area (Å²) in [6.07, 6.45) is 5.81. The number of aromatic nitrogens is 2. The highest BCUT2D eigenvalue weighted by atomic mass is 35.5. The summed E-state index contributed by atoms with van der Waals surface area (Å²) in [5, 5.41) is 0.652. The van der Waals surface area contributed by atoms with Gasteiger partial charge in [0.1, 0.15) is 5.69 Å². The molecule has 0 saturated carbocycles. The van der Waals surface area contributed by atoms with Crippen molar-refractivity contribution in [1.29, 1.82) is 0 Å². The van der Waals surface area contributed by atoms with Gasteiger partial charge in [-0.05, 0) is 30.5 Å². The smallest absolute Gasteiger partial charge is 0.274 e. The molecule has 4 rings (SSSR count). The third-order valence-electron chi connectivity index (χ3n) is 5.79. The average Bonchev–Trinajstić information content (AvgIpc) is 2.80. The largest absolute Gasteiger partial charge is 0.381 e. The molecule has 0 spiro atoms. The van der Waals surface area contributed by atoms with Crippen LogP contribution >= 0.6 is 11.6 Å². The molecule has 3 heterocycles. The monoisotopic (exact) mass is 414 g/mol. The van der Waals surface area contributed by atoms with Crippen molar-refractivity contribution in [2.75, 3.05) is 39.4 Å². The van der Waals surface area contributed by atoms with Crippen LogP contribution in [0.5, 0.6) is 0 Å². The highest BCUT2D eigenvalue weighted by Crippen LogP contribution is 2.37. The Labute approximate surface area is 174 Å². The molecule has 29 heavy (non-hydrogen) atoms. The van der Waals surface area contributed by atoms with Crippen LogP contribution in [0.2, 0.25) is 5.02 Å². The molecule has 2 aliphatic heterocycles. The number of ether oxygens (including phenoxy) is 1. The first kappa shape index (κ1) is 19.8. The highest BCUT2D eigenvalue weighted by Gasteiger charge is 2.44. The van der Waals surface area contributed by atoms with Crippen molar-refractivity contribution in [2.24, 2.45) is 0 Å². The number of benzene rings is 1. The van der Waals surface area contributed by atoms with Gasteiger partial charge in [-0.15, -0.1) is 0 Å². The van der Waals surface area contributed by atoms with E-state index in [0.29, 0.717) is 63.0 Å². The van der Waals surface area contributed by atoms with Crippen LogP contribution in [0.25, 0.3) is 0 Å². The summed E-state index contributed by atoms with van der Waals surface area (Å²) in [6.45, 7) is 3.07. The van der Waals surface area contributed by atoms with Gasteiger partial charge in [0.25, 0.3) is 5.91 Å². The molecule has 0 unspecified atom stereocenters. The van der Waals surface area contributed by atoms with E-state index in [-0.39, 0.29) is 11.8 Å². The Kier molecular flexibility index (Phi) is 5.78. The number of nitrogens with zero attached hydrogens (tertiary/aromatic N) is 4. The third kappa shape index (κ3) is 3.97. The van der Waals surface area contributed by atoms with Crippen molar-refractivity contribution in [3.63, 3.8) is 0 Å². The summed E-state index contributed by atoms with van der Waals surface area (Å²) in [7, 11) is 0. The lowest BCUT2D eigenvalue weighted by atomic mass is 9.73. The zero-order valence-corrected chi connectivity index (χ0v) is 16.8. The topological polar surface area (TPSA) is 75.6 Å². The van der Waals surface area contributed by atoms with Gasteiger partial charge in [-0.3, -0.25) is 14.6 Å². The van der Waals surface area contributed by atoms with E-state index in [2.05, 4.69) is 9.97 Å². The second-order valence-corrected chi connectivity index (χ2v) is 7.81. The SMILES string of the molecule is O=C(c1cnccn1)N1CCN(C(=O)C2(c3ccc(Cl)cc3)CCOCC2)CC1. The zero-order valence-electron chi connectivity index (χ0n) is 16.1. The fourth-order valence-electron chi connectivity index (χ4n) is 4.10. The van der Waals surface area contributed by atoms with Gasteiger partial charge >= 0.3 is 0 Å². The maximum atomic E-state index is 13.6. The van der Waals surface area contributed by atoms with Gasteiger partial charge in [-0.1, -0.05) is 23.7 Å². The fraction of sp³-hybridized carbons (Fsp3) is 0.429. The minimum absolute atomic E-state index is 0.106. The first-order valence-electron chi connectivity index (χ1n) is 9.79. The molecule has 0 aliphatic carbocycles. The van der Waals surface area contributed by atoms with Gasteiger partial charge in [0.2, 0.25) is 5.91 Å². The second-order valence-electron chi connectivity index (χ2n) is 7.38. The quantitative estimate of drug-likeness (QED) is 0.769. The lowest BCUT2D eigenvalue weighted by molar-refractivity contribution is -0.142. The molecule has 2 aliphatic rings. The molecule has 0 radical (unpaired) electrons. The molecule has 1 aromatic heterocycles. The molecule has 1 aromatic carbocycles. The van der Waals surface area contributed by atoms with E-state index < -0.39 is 5.41 Å². The average molecular weight is 415 g/mol. The first-order valence-corrected chi connectivity index (χ1v) is 10.2. The molecule has 2 fully saturated rings. The molecule has 0 atom stereocenters. The van der Waals surface area contributed by atoms with E-state index >= 15 is 0 Å². The van der Waals surface area contributed by atoms with Crippen LogP contribution in [0, 0.1) is 0 Å². The molecule has 0 N–H and O–H groups in total. The predicted octanol–water partition coefficient (Wildman–Crippen LogP) is 2.16. The summed E-state index contributed by atoms with van der Waals surface area (Å²) in [5.41, 5.74) is 0.711. The number of halogens is 1. The van der Waals surface area contributed by atoms with Crippen LogP contribution in [-0.2, 0) is 14.9 Å². The number of hydrogen-bond donors (Lipinski definition) is 0. The maximum Gasteiger partial charge on any atom is 0.274 e. The van der Waals surface area contributed by atoms with Crippen LogP contribution in [0.4, 0.5) is 0 Å². The Morgan fingerprint density at radius 1 is 0.966 bits per heavy atom. The van der Waals surface area contributed by atoms with Crippen molar-refractivity contribution in [2.45, 2.75) is 18.3 Å². The van der Waals surface area contributed by atoms with Crippen molar-refractivity contribution in [3.05, 3.63) is 59.1 Å². The minimum atomic E-state index is -0.597. The van der Waals surface area contributed by atoms with Crippen LogP contribution in [0.1, 0.15) is 28.9 Å². The van der Waals surface area contributed by atoms with Gasteiger partial charge in [-0.2, -0.15) is 0 Å². The van der Waals surface area contributed by atoms with Gasteiger partial charge in [0.15, 0.2) is 0 Å². The number of piperazine rings is 1. The normalized spacial score (nSPS) is 19.1. The van der Waals surface area contributed by atoms with E-state index in [4.69, 9.17) is 16.3 Å². The van der Waals surface area contributed by atoms with Crippen molar-refractivity contribution >= 4 is 23.4 Å². The van der Waals surface area contributed by atoms with E-state index in [1.807, 2.05) is 29.2 Å². The lowest BCUT2D eigenvalue weighted by Gasteiger charge is -2.43. The molecule has 2 aromatic rings. The Hall–Kier alpha value is -2.51. The summed E-state index contributed by atoms with van der Waals surface area (Å²) >= 11 is 6.05. The van der Waals surface area contributed by atoms with Crippen molar-refractivity contribution in [3.8, 4) is 0 Å². The zero-order chi connectivity index (χ0) is 20.3. The summed E-state index contributed by atoms with van der Waals surface area (Å²) in [5.74, 6) is -0.0431. The Morgan fingerprint density at radius 2 is 1.62 bits per heavy atom. The van der Waals surface area contributed by atoms with Crippen LogP contribution in [0.3, 0.4) is 0 Å². The molecule has 8 heteroatoms. The third-order valence-corrected chi connectivity index (χ3v) is 6.04. The molecule has 2 amide bonds. The number of carbonyl (C=O) groups excluding carboxylic acids is 2. The predicted molar refractivity (Wildman–Crippen MR) is 108 cm³/mol. The van der Waals surface area contributed by atoms with Gasteiger partial charge in [0.05, 0.1) is 11.6 Å². The molecule has 0 bridgehead atoms. The van der Waals surface area contributed by atoms with Gasteiger partial charge in [-0.25, -0.2) is 4.98 Å². The number of rotatable bonds is 3. The molecule has 2 saturated heterocycles. The van der Waals surface area contributed by atoms with Crippen LogP contribution in [0.15, 0.2) is 42.9 Å². The number of carbonyl (C=O) groups is 2. The van der Waals surface area contributed by atoms with E-state index in [1.165, 1.54) is 18.6 Å². The Morgan fingerprint density at radius 3 is 2.24 bits per heavy atom. The summed E-state index contributed by atoms with van der Waals surface area (Å²) in [6, 6.07) is 7.55. The van der Waals surface area contributed by atoms with Gasteiger partial charge < -0.3 is 14.5 Å². The Bertz CT molecular complexity index is 861. The molecule has 152 valence electrons. The van der Waals surface area contributed by atoms with Crippen LogP contribution < -0.4 is 0 Å². The van der Waals surface area contributed by atoms with Crippen LogP contribution in [-0.4, -0.2) is 71.0 Å². The number of hydrogen-bond acceptors (Lipinski definition) is 5. The summed E-state index contributed by atoms with van der Waals surface area (Å²) < 4.78 is 5.54. The highest BCUT2D eigenvalue weighted by molar-refractivity contribution is 6.30.